The van der Waals surface area contributed by atoms with Gasteiger partial charge in [0.05, 0.1) is 0 Å². The summed E-state index contributed by atoms with van der Waals surface area (Å²) >= 11 is 0. The van der Waals surface area contributed by atoms with Crippen LogP contribution >= 0.6 is 0 Å². The van der Waals surface area contributed by atoms with Crippen LogP contribution in [0.2, 0.25) is 0 Å². The molecule has 0 bridgehead atoms. The first kappa shape index (κ1) is 18.8. The maximum absolute atomic E-state index is 11.2. The minimum absolute atomic E-state index is 0.0750. The van der Waals surface area contributed by atoms with E-state index in [0.29, 0.717) is 38.5 Å². The van der Waals surface area contributed by atoms with Gasteiger partial charge in [-0.3, -0.25) is 9.59 Å². The fourth-order valence-electron chi connectivity index (χ4n) is 1.48. The quantitative estimate of drug-likeness (QED) is 0.272. The molecular formula is C13H24O7. The molecule has 0 amide bonds. The summed E-state index contributed by atoms with van der Waals surface area (Å²) in [7, 11) is 0. The third-order valence-corrected chi connectivity index (χ3v) is 2.54. The van der Waals surface area contributed by atoms with Crippen molar-refractivity contribution in [3.8, 4) is 0 Å². The van der Waals surface area contributed by atoms with Gasteiger partial charge in [-0.05, 0) is 25.7 Å². The number of ether oxygens (including phenoxy) is 2. The Morgan fingerprint density at radius 2 is 1.15 bits per heavy atom. The van der Waals surface area contributed by atoms with Crippen molar-refractivity contribution in [2.45, 2.75) is 57.8 Å². The van der Waals surface area contributed by atoms with Crippen molar-refractivity contribution in [2.75, 3.05) is 13.2 Å². The molecule has 0 heterocycles. The average molecular weight is 292 g/mol. The van der Waals surface area contributed by atoms with Gasteiger partial charge in [0, 0.05) is 26.1 Å². The number of unbranched alkanes of at least 4 members (excludes halogenated alkanes) is 4. The van der Waals surface area contributed by atoms with Crippen molar-refractivity contribution in [1.82, 2.24) is 0 Å². The topological polar surface area (TPSA) is 113 Å². The van der Waals surface area contributed by atoms with Crippen LogP contribution in [0.5, 0.6) is 0 Å². The Labute approximate surface area is 118 Å². The number of carbonyl (C=O) groups is 2. The van der Waals surface area contributed by atoms with E-state index in [-0.39, 0.29) is 26.1 Å². The van der Waals surface area contributed by atoms with Crippen LogP contribution in [0.25, 0.3) is 0 Å². The highest BCUT2D eigenvalue weighted by molar-refractivity contribution is 5.71. The van der Waals surface area contributed by atoms with E-state index in [0.717, 1.165) is 0 Å². The van der Waals surface area contributed by atoms with Crippen LogP contribution in [0.15, 0.2) is 0 Å². The summed E-state index contributed by atoms with van der Waals surface area (Å²) in [6.45, 7) is -1.72. The first-order valence-electron chi connectivity index (χ1n) is 6.89. The van der Waals surface area contributed by atoms with Crippen molar-refractivity contribution in [3.63, 3.8) is 0 Å². The molecule has 0 saturated carbocycles. The Bertz CT molecular complexity index is 241. The lowest BCUT2D eigenvalue weighted by Gasteiger charge is -2.12. The van der Waals surface area contributed by atoms with E-state index in [9.17, 15) is 14.7 Å². The Kier molecular flexibility index (Phi) is 12.1. The standard InChI is InChI=1S/C13H24O7/c14-9-5-1-3-7-11(16)19-13(18)20-12(17)8-4-2-6-10-15/h13-15,18H,1-10H2. The number of hydrogen-bond donors (Lipinski definition) is 3. The smallest absolute Gasteiger partial charge is 0.362 e. The zero-order chi connectivity index (χ0) is 15.2. The molecule has 0 aliphatic heterocycles. The molecule has 7 nitrogen and oxygen atoms in total. The first-order valence-corrected chi connectivity index (χ1v) is 6.89. The van der Waals surface area contributed by atoms with E-state index in [2.05, 4.69) is 9.47 Å². The Hall–Kier alpha value is -1.18. The van der Waals surface area contributed by atoms with E-state index in [1.165, 1.54) is 0 Å². The van der Waals surface area contributed by atoms with Crippen LogP contribution in [-0.2, 0) is 19.1 Å². The van der Waals surface area contributed by atoms with Gasteiger partial charge in [0.25, 0.3) is 0 Å². The first-order chi connectivity index (χ1) is 9.60. The van der Waals surface area contributed by atoms with Crippen LogP contribution in [0.3, 0.4) is 0 Å². The molecule has 0 aliphatic rings. The van der Waals surface area contributed by atoms with Crippen molar-refractivity contribution in [1.29, 1.82) is 0 Å². The maximum Gasteiger partial charge on any atom is 0.362 e. The van der Waals surface area contributed by atoms with E-state index in [4.69, 9.17) is 10.2 Å². The van der Waals surface area contributed by atoms with E-state index >= 15 is 0 Å². The molecule has 0 aromatic carbocycles. The molecule has 7 heteroatoms. The molecular weight excluding hydrogens is 268 g/mol. The molecule has 0 unspecified atom stereocenters. The fraction of sp³-hybridized carbons (Fsp3) is 0.846. The zero-order valence-corrected chi connectivity index (χ0v) is 11.6. The van der Waals surface area contributed by atoms with Gasteiger partial charge in [-0.1, -0.05) is 12.8 Å². The molecule has 3 N–H and O–H groups in total. The maximum atomic E-state index is 11.2. The van der Waals surface area contributed by atoms with Gasteiger partial charge in [0.15, 0.2) is 0 Å². The van der Waals surface area contributed by atoms with Crippen molar-refractivity contribution >= 4 is 11.9 Å². The minimum Gasteiger partial charge on any atom is -0.400 e. The molecule has 0 aliphatic carbocycles. The number of carbonyl (C=O) groups excluding carboxylic acids is 2. The lowest BCUT2D eigenvalue weighted by molar-refractivity contribution is -0.246. The number of esters is 2. The molecule has 0 aromatic heterocycles. The van der Waals surface area contributed by atoms with E-state index < -0.39 is 18.4 Å². The van der Waals surface area contributed by atoms with Gasteiger partial charge < -0.3 is 24.8 Å². The van der Waals surface area contributed by atoms with Gasteiger partial charge in [-0.15, -0.1) is 0 Å². The summed E-state index contributed by atoms with van der Waals surface area (Å²) < 4.78 is 9.00. The molecule has 0 rings (SSSR count). The molecule has 0 spiro atoms. The normalized spacial score (nSPS) is 10.6. The molecule has 0 radical (unpaired) electrons. The lowest BCUT2D eigenvalue weighted by Crippen LogP contribution is -2.24. The molecule has 0 aromatic rings. The molecule has 20 heavy (non-hydrogen) atoms. The molecule has 0 saturated heterocycles. The second kappa shape index (κ2) is 12.8. The minimum atomic E-state index is -1.87. The Balaban J connectivity index is 3.61. The highest BCUT2D eigenvalue weighted by Crippen LogP contribution is 2.05. The van der Waals surface area contributed by atoms with Crippen LogP contribution in [0.4, 0.5) is 0 Å². The van der Waals surface area contributed by atoms with Gasteiger partial charge in [-0.25, -0.2) is 0 Å². The zero-order valence-electron chi connectivity index (χ0n) is 11.6. The highest BCUT2D eigenvalue weighted by Gasteiger charge is 2.15. The van der Waals surface area contributed by atoms with Crippen molar-refractivity contribution < 1.29 is 34.4 Å². The number of aliphatic hydroxyl groups is 3. The summed E-state index contributed by atoms with van der Waals surface area (Å²) in [4.78, 5) is 22.5. The Morgan fingerprint density at radius 3 is 1.50 bits per heavy atom. The summed E-state index contributed by atoms with van der Waals surface area (Å²) in [5, 5.41) is 26.3. The number of hydrogen-bond acceptors (Lipinski definition) is 7. The van der Waals surface area contributed by atoms with Crippen LogP contribution < -0.4 is 0 Å². The number of aliphatic hydroxyl groups excluding tert-OH is 3. The van der Waals surface area contributed by atoms with Crippen LogP contribution in [0, 0.1) is 0 Å². The van der Waals surface area contributed by atoms with Crippen LogP contribution in [0.1, 0.15) is 51.4 Å². The molecule has 0 atom stereocenters. The highest BCUT2D eigenvalue weighted by atomic mass is 16.8. The molecule has 118 valence electrons. The van der Waals surface area contributed by atoms with E-state index in [1.54, 1.807) is 0 Å². The second-order valence-electron chi connectivity index (χ2n) is 4.36. The predicted octanol–water partition coefficient (Wildman–Crippen LogP) is 0.454. The summed E-state index contributed by atoms with van der Waals surface area (Å²) in [5.74, 6) is -1.30. The third kappa shape index (κ3) is 11.9. The van der Waals surface area contributed by atoms with Gasteiger partial charge in [0.2, 0.25) is 0 Å². The van der Waals surface area contributed by atoms with Gasteiger partial charge in [0.1, 0.15) is 0 Å². The van der Waals surface area contributed by atoms with E-state index in [1.807, 2.05) is 0 Å². The van der Waals surface area contributed by atoms with Crippen LogP contribution in [-0.4, -0.2) is 46.9 Å². The summed E-state index contributed by atoms with van der Waals surface area (Å²) in [6.07, 6.45) is 3.88. The summed E-state index contributed by atoms with van der Waals surface area (Å²) in [5.41, 5.74) is 0. The second-order valence-corrected chi connectivity index (χ2v) is 4.36. The average Bonchev–Trinajstić information content (AvgIpc) is 2.39. The summed E-state index contributed by atoms with van der Waals surface area (Å²) in [6, 6.07) is 0. The molecule has 0 fully saturated rings. The largest absolute Gasteiger partial charge is 0.400 e. The monoisotopic (exact) mass is 292 g/mol. The fourth-order valence-corrected chi connectivity index (χ4v) is 1.48. The van der Waals surface area contributed by atoms with Gasteiger partial charge >= 0.3 is 18.4 Å². The Morgan fingerprint density at radius 1 is 0.750 bits per heavy atom. The lowest BCUT2D eigenvalue weighted by atomic mass is 10.2. The number of rotatable bonds is 12. The predicted molar refractivity (Wildman–Crippen MR) is 69.3 cm³/mol. The third-order valence-electron chi connectivity index (χ3n) is 2.54. The SMILES string of the molecule is O=C(CCCCCO)OC(O)OC(=O)CCCCCO. The van der Waals surface area contributed by atoms with Gasteiger partial charge in [-0.2, -0.15) is 0 Å². The van der Waals surface area contributed by atoms with Crippen molar-refractivity contribution in [3.05, 3.63) is 0 Å². The van der Waals surface area contributed by atoms with Crippen molar-refractivity contribution in [2.24, 2.45) is 0 Å².